The molecular formula is C14H22B2. The molecule has 0 saturated heterocycles. The molecule has 0 amide bonds. The van der Waals surface area contributed by atoms with Crippen LogP contribution in [0.25, 0.3) is 0 Å². The summed E-state index contributed by atoms with van der Waals surface area (Å²) in [6.07, 6.45) is 8.20. The van der Waals surface area contributed by atoms with Gasteiger partial charge in [-0.1, -0.05) is 32.4 Å². The van der Waals surface area contributed by atoms with Crippen LogP contribution in [-0.4, -0.2) is 15.7 Å². The van der Waals surface area contributed by atoms with Gasteiger partial charge >= 0.3 is 0 Å². The highest BCUT2D eigenvalue weighted by Gasteiger charge is 2.75. The van der Waals surface area contributed by atoms with E-state index in [1.54, 1.807) is 0 Å². The molecule has 0 aliphatic heterocycles. The summed E-state index contributed by atoms with van der Waals surface area (Å²) in [6, 6.07) is 0. The van der Waals surface area contributed by atoms with E-state index in [0.29, 0.717) is 10.8 Å². The fourth-order valence-electron chi connectivity index (χ4n) is 4.52. The Hall–Kier alpha value is 0.130. The third kappa shape index (κ3) is 1.14. The van der Waals surface area contributed by atoms with Crippen molar-refractivity contribution in [3.8, 4) is 0 Å². The lowest BCUT2D eigenvalue weighted by Gasteiger charge is -2.56. The highest BCUT2D eigenvalue weighted by Crippen LogP contribution is 2.84. The van der Waals surface area contributed by atoms with Crippen molar-refractivity contribution in [2.24, 2.45) is 22.2 Å². The minimum absolute atomic E-state index is 0.00546. The van der Waals surface area contributed by atoms with Crippen LogP contribution in [0.15, 0.2) is 0 Å². The Balaban J connectivity index is 1.81. The predicted molar refractivity (Wildman–Crippen MR) is 69.7 cm³/mol. The van der Waals surface area contributed by atoms with E-state index in [-0.39, 0.29) is 5.41 Å². The van der Waals surface area contributed by atoms with Gasteiger partial charge < -0.3 is 0 Å². The summed E-state index contributed by atoms with van der Waals surface area (Å²) in [5, 5.41) is -0.502. The summed E-state index contributed by atoms with van der Waals surface area (Å²) < 4.78 is 0. The average Bonchev–Trinajstić information content (AvgIpc) is 2.80. The highest BCUT2D eigenvalue weighted by molar-refractivity contribution is 6.40. The van der Waals surface area contributed by atoms with Crippen molar-refractivity contribution in [2.75, 3.05) is 0 Å². The summed E-state index contributed by atoms with van der Waals surface area (Å²) in [5.74, 6) is 1.04. The fourth-order valence-corrected chi connectivity index (χ4v) is 4.52. The van der Waals surface area contributed by atoms with Gasteiger partial charge in [0, 0.05) is 0 Å². The van der Waals surface area contributed by atoms with Gasteiger partial charge in [-0.3, -0.25) is 0 Å². The molecule has 0 N–H and O–H groups in total. The molecule has 3 fully saturated rings. The number of hydrogen-bond acceptors (Lipinski definition) is 0. The Labute approximate surface area is 103 Å². The molecule has 3 saturated carbocycles. The molecule has 0 aromatic carbocycles. The third-order valence-corrected chi connectivity index (χ3v) is 6.34. The number of hydrogen-bond donors (Lipinski definition) is 0. The predicted octanol–water partition coefficient (Wildman–Crippen LogP) is 3.46. The molecule has 84 valence electrons. The maximum absolute atomic E-state index is 6.41. The molecule has 0 aromatic heterocycles. The first-order valence-electron chi connectivity index (χ1n) is 6.80. The quantitative estimate of drug-likeness (QED) is 0.614. The Morgan fingerprint density at radius 2 is 1.81 bits per heavy atom. The molecule has 16 heavy (non-hydrogen) atoms. The Morgan fingerprint density at radius 3 is 2.19 bits per heavy atom. The van der Waals surface area contributed by atoms with Gasteiger partial charge in [0.15, 0.2) is 0 Å². The monoisotopic (exact) mass is 212 g/mol. The third-order valence-electron chi connectivity index (χ3n) is 6.34. The minimum atomic E-state index is -0.502. The largest absolute Gasteiger partial charge is 0.0938 e. The van der Waals surface area contributed by atoms with Gasteiger partial charge in [0.2, 0.25) is 0 Å². The van der Waals surface area contributed by atoms with Crippen molar-refractivity contribution < 1.29 is 0 Å². The van der Waals surface area contributed by atoms with E-state index in [4.69, 9.17) is 15.7 Å². The van der Waals surface area contributed by atoms with Gasteiger partial charge in [-0.05, 0) is 54.3 Å². The van der Waals surface area contributed by atoms with Crippen LogP contribution in [0.2, 0.25) is 5.21 Å². The van der Waals surface area contributed by atoms with E-state index in [1.807, 2.05) is 0 Å². The van der Waals surface area contributed by atoms with Crippen molar-refractivity contribution in [1.29, 1.82) is 0 Å². The maximum atomic E-state index is 6.41. The normalized spacial score (nSPS) is 45.8. The van der Waals surface area contributed by atoms with E-state index in [0.717, 1.165) is 12.3 Å². The topological polar surface area (TPSA) is 0 Å². The van der Waals surface area contributed by atoms with Crippen LogP contribution in [0, 0.1) is 22.2 Å². The Bertz CT molecular complexity index is 322. The molecule has 3 aliphatic carbocycles. The standard InChI is InChI=1S/C14H22B2/c1-11(2,3)14(15,16)9-12-5-4-10-8-13(10,12)7-6-12/h10H,4-9H2,1-3H3. The zero-order chi connectivity index (χ0) is 11.8. The Kier molecular flexibility index (Phi) is 1.93. The molecule has 4 radical (unpaired) electrons. The fraction of sp³-hybridized carbons (Fsp3) is 1.00. The first kappa shape index (κ1) is 11.2. The van der Waals surface area contributed by atoms with Crippen LogP contribution in [-0.2, 0) is 0 Å². The summed E-state index contributed by atoms with van der Waals surface area (Å²) in [7, 11) is 12.8. The van der Waals surface area contributed by atoms with Crippen LogP contribution in [0.4, 0.5) is 0 Å². The molecule has 0 heterocycles. The zero-order valence-corrected chi connectivity index (χ0v) is 11.0. The van der Waals surface area contributed by atoms with Crippen molar-refractivity contribution in [3.63, 3.8) is 0 Å². The van der Waals surface area contributed by atoms with Crippen LogP contribution in [0.1, 0.15) is 59.3 Å². The van der Waals surface area contributed by atoms with Crippen molar-refractivity contribution in [3.05, 3.63) is 0 Å². The molecule has 3 aliphatic rings. The SMILES string of the molecule is [B]C([B])(CC12CCC3CC31CC2)C(C)(C)C. The van der Waals surface area contributed by atoms with Gasteiger partial charge in [-0.2, -0.15) is 0 Å². The first-order chi connectivity index (χ1) is 7.23. The molecule has 3 rings (SSSR count). The minimum Gasteiger partial charge on any atom is -0.0938 e. The van der Waals surface area contributed by atoms with Crippen LogP contribution in [0.5, 0.6) is 0 Å². The van der Waals surface area contributed by atoms with E-state index < -0.39 is 5.21 Å². The van der Waals surface area contributed by atoms with E-state index >= 15 is 0 Å². The van der Waals surface area contributed by atoms with E-state index in [9.17, 15) is 0 Å². The smallest absolute Gasteiger partial charge is 0.0627 e. The Morgan fingerprint density at radius 1 is 1.12 bits per heavy atom. The van der Waals surface area contributed by atoms with Gasteiger partial charge in [0.05, 0.1) is 15.7 Å². The van der Waals surface area contributed by atoms with Crippen LogP contribution >= 0.6 is 0 Å². The van der Waals surface area contributed by atoms with Gasteiger partial charge in [-0.15, -0.1) is 0 Å². The second-order valence-corrected chi connectivity index (χ2v) is 7.84. The molecule has 0 aromatic rings. The lowest BCUT2D eigenvalue weighted by molar-refractivity contribution is -0.00491. The molecular weight excluding hydrogens is 190 g/mol. The second-order valence-electron chi connectivity index (χ2n) is 7.84. The first-order valence-corrected chi connectivity index (χ1v) is 6.80. The van der Waals surface area contributed by atoms with Crippen molar-refractivity contribution >= 4 is 15.7 Å². The molecule has 3 unspecified atom stereocenters. The van der Waals surface area contributed by atoms with E-state index in [2.05, 4.69) is 20.8 Å². The lowest BCUT2D eigenvalue weighted by atomic mass is 9.36. The lowest BCUT2D eigenvalue weighted by Crippen LogP contribution is -2.45. The number of rotatable bonds is 2. The summed E-state index contributed by atoms with van der Waals surface area (Å²) in [4.78, 5) is 0. The van der Waals surface area contributed by atoms with Gasteiger partial charge in [0.25, 0.3) is 0 Å². The molecule has 0 nitrogen and oxygen atoms in total. The molecule has 3 atom stereocenters. The summed E-state index contributed by atoms with van der Waals surface area (Å²) >= 11 is 0. The highest BCUT2D eigenvalue weighted by atomic mass is 14.8. The zero-order valence-electron chi connectivity index (χ0n) is 11.0. The molecule has 2 heteroatoms. The summed E-state index contributed by atoms with van der Waals surface area (Å²) in [5.41, 5.74) is 1.25. The van der Waals surface area contributed by atoms with Crippen molar-refractivity contribution in [1.82, 2.24) is 0 Å². The van der Waals surface area contributed by atoms with Crippen molar-refractivity contribution in [2.45, 2.75) is 64.5 Å². The van der Waals surface area contributed by atoms with Gasteiger partial charge in [-0.25, -0.2) is 0 Å². The van der Waals surface area contributed by atoms with E-state index in [1.165, 1.54) is 32.1 Å². The second kappa shape index (κ2) is 2.75. The average molecular weight is 212 g/mol. The molecule has 1 spiro atoms. The van der Waals surface area contributed by atoms with Gasteiger partial charge in [0.1, 0.15) is 0 Å². The summed E-state index contributed by atoms with van der Waals surface area (Å²) in [6.45, 7) is 6.52. The van der Waals surface area contributed by atoms with Crippen LogP contribution < -0.4 is 0 Å². The van der Waals surface area contributed by atoms with Crippen LogP contribution in [0.3, 0.4) is 0 Å². The maximum Gasteiger partial charge on any atom is 0.0627 e. The molecule has 0 bridgehead atoms.